The van der Waals surface area contributed by atoms with E-state index in [1.54, 1.807) is 36.4 Å². The number of carbonyl (C=O) groups is 3. The van der Waals surface area contributed by atoms with Gasteiger partial charge in [-0.15, -0.1) is 0 Å². The molecule has 3 aromatic rings. The number of hydrogen-bond acceptors (Lipinski definition) is 4. The summed E-state index contributed by atoms with van der Waals surface area (Å²) < 4.78 is 4.47. The van der Waals surface area contributed by atoms with Gasteiger partial charge in [-0.25, -0.2) is 0 Å². The number of rotatable bonds is 5. The first-order valence-electron chi connectivity index (χ1n) is 8.01. The molecular weight excluding hydrogens is 370 g/mol. The second-order valence-corrected chi connectivity index (χ2v) is 6.14. The van der Waals surface area contributed by atoms with Crippen molar-refractivity contribution in [2.45, 2.75) is 0 Å². The summed E-state index contributed by atoms with van der Waals surface area (Å²) in [7, 11) is 1.24. The molecule has 1 heterocycles. The van der Waals surface area contributed by atoms with E-state index in [-0.39, 0.29) is 12.5 Å². The predicted molar refractivity (Wildman–Crippen MR) is 102 cm³/mol. The lowest BCUT2D eigenvalue weighted by Crippen LogP contribution is -2.30. The number of anilines is 1. The second kappa shape index (κ2) is 7.92. The van der Waals surface area contributed by atoms with Gasteiger partial charge in [0.05, 0.1) is 7.11 Å². The highest BCUT2D eigenvalue weighted by atomic mass is 35.5. The van der Waals surface area contributed by atoms with Crippen molar-refractivity contribution < 1.29 is 19.1 Å². The van der Waals surface area contributed by atoms with E-state index in [2.05, 4.69) is 20.4 Å². The average molecular weight is 386 g/mol. The van der Waals surface area contributed by atoms with E-state index in [1.165, 1.54) is 13.2 Å². The normalized spacial score (nSPS) is 10.4. The fourth-order valence-corrected chi connectivity index (χ4v) is 2.66. The number of methoxy groups -OCH3 is 1. The van der Waals surface area contributed by atoms with Gasteiger partial charge in [0.25, 0.3) is 11.8 Å². The minimum absolute atomic E-state index is 0.233. The van der Waals surface area contributed by atoms with Crippen LogP contribution in [-0.4, -0.2) is 36.4 Å². The van der Waals surface area contributed by atoms with E-state index in [9.17, 15) is 14.4 Å². The van der Waals surface area contributed by atoms with Gasteiger partial charge in [0, 0.05) is 27.2 Å². The number of aromatic nitrogens is 1. The molecule has 27 heavy (non-hydrogen) atoms. The predicted octanol–water partition coefficient (Wildman–Crippen LogP) is 2.98. The molecule has 8 heteroatoms. The maximum absolute atomic E-state index is 12.5. The van der Waals surface area contributed by atoms with Gasteiger partial charge in [0.1, 0.15) is 12.2 Å². The maximum Gasteiger partial charge on any atom is 0.325 e. The zero-order valence-electron chi connectivity index (χ0n) is 14.3. The molecular formula is C19H16ClN3O4. The van der Waals surface area contributed by atoms with Crippen LogP contribution in [0, 0.1) is 0 Å². The quantitative estimate of drug-likeness (QED) is 0.588. The first-order valence-corrected chi connectivity index (χ1v) is 8.39. The van der Waals surface area contributed by atoms with Crippen molar-refractivity contribution in [1.29, 1.82) is 0 Å². The number of ether oxygens (including phenoxy) is 1. The summed E-state index contributed by atoms with van der Waals surface area (Å²) in [5.41, 5.74) is 1.87. The summed E-state index contributed by atoms with van der Waals surface area (Å²) >= 11 is 5.95. The van der Waals surface area contributed by atoms with Crippen molar-refractivity contribution in [3.8, 4) is 0 Å². The van der Waals surface area contributed by atoms with E-state index in [0.29, 0.717) is 22.0 Å². The van der Waals surface area contributed by atoms with Crippen molar-refractivity contribution in [3.05, 3.63) is 64.8 Å². The van der Waals surface area contributed by atoms with Crippen LogP contribution in [0.25, 0.3) is 10.9 Å². The topological polar surface area (TPSA) is 100 Å². The SMILES string of the molecule is COC(=O)CNC(=O)c1cccc(NC(=O)c2cc3ccc(Cl)cc3[nH]2)c1. The average Bonchev–Trinajstić information content (AvgIpc) is 3.09. The molecule has 2 aromatic carbocycles. The molecule has 7 nitrogen and oxygen atoms in total. The largest absolute Gasteiger partial charge is 0.468 e. The highest BCUT2D eigenvalue weighted by molar-refractivity contribution is 6.31. The monoisotopic (exact) mass is 385 g/mol. The third-order valence-corrected chi connectivity index (χ3v) is 4.07. The van der Waals surface area contributed by atoms with E-state index in [4.69, 9.17) is 11.6 Å². The molecule has 2 amide bonds. The summed E-state index contributed by atoms with van der Waals surface area (Å²) in [5, 5.41) is 6.60. The van der Waals surface area contributed by atoms with Crippen molar-refractivity contribution in [2.75, 3.05) is 19.0 Å². The number of esters is 1. The smallest absolute Gasteiger partial charge is 0.325 e. The summed E-state index contributed by atoms with van der Waals surface area (Å²) in [4.78, 5) is 38.7. The van der Waals surface area contributed by atoms with Crippen LogP contribution in [-0.2, 0) is 9.53 Å². The number of hydrogen-bond donors (Lipinski definition) is 3. The molecule has 0 aliphatic rings. The number of H-pyrrole nitrogens is 1. The maximum atomic E-state index is 12.5. The summed E-state index contributed by atoms with van der Waals surface area (Å²) in [6.07, 6.45) is 0. The zero-order valence-corrected chi connectivity index (χ0v) is 15.1. The third-order valence-electron chi connectivity index (χ3n) is 3.83. The molecule has 0 saturated carbocycles. The molecule has 0 radical (unpaired) electrons. The molecule has 0 unspecified atom stereocenters. The lowest BCUT2D eigenvalue weighted by atomic mass is 10.2. The van der Waals surface area contributed by atoms with Crippen LogP contribution in [0.1, 0.15) is 20.8 Å². The minimum Gasteiger partial charge on any atom is -0.468 e. The molecule has 1 aromatic heterocycles. The fraction of sp³-hybridized carbons (Fsp3) is 0.105. The van der Waals surface area contributed by atoms with Crippen molar-refractivity contribution in [2.24, 2.45) is 0 Å². The Balaban J connectivity index is 1.72. The third kappa shape index (κ3) is 4.45. The number of nitrogens with one attached hydrogen (secondary N) is 3. The summed E-state index contributed by atoms with van der Waals surface area (Å²) in [6.45, 7) is -0.233. The van der Waals surface area contributed by atoms with Crippen molar-refractivity contribution in [1.82, 2.24) is 10.3 Å². The number of halogens is 1. The number of benzene rings is 2. The van der Waals surface area contributed by atoms with Gasteiger partial charge >= 0.3 is 5.97 Å². The molecule has 0 aliphatic carbocycles. The minimum atomic E-state index is -0.549. The van der Waals surface area contributed by atoms with Crippen molar-refractivity contribution >= 4 is 46.0 Å². The summed E-state index contributed by atoms with van der Waals surface area (Å²) in [5.74, 6) is -1.35. The van der Waals surface area contributed by atoms with Crippen LogP contribution >= 0.6 is 11.6 Å². The standard InChI is InChI=1S/C19H16ClN3O4/c1-27-17(24)10-21-18(25)12-3-2-4-14(7-12)22-19(26)16-8-11-5-6-13(20)9-15(11)23-16/h2-9,23H,10H2,1H3,(H,21,25)(H,22,26). The van der Waals surface area contributed by atoms with Crippen LogP contribution < -0.4 is 10.6 Å². The Hall–Kier alpha value is -3.32. The molecule has 0 fully saturated rings. The lowest BCUT2D eigenvalue weighted by molar-refractivity contribution is -0.139. The van der Waals surface area contributed by atoms with Crippen LogP contribution in [0.4, 0.5) is 5.69 Å². The Morgan fingerprint density at radius 1 is 1.07 bits per heavy atom. The highest BCUT2D eigenvalue weighted by Gasteiger charge is 2.12. The number of aromatic amines is 1. The van der Waals surface area contributed by atoms with Gasteiger partial charge < -0.3 is 20.4 Å². The highest BCUT2D eigenvalue weighted by Crippen LogP contribution is 2.21. The Kier molecular flexibility index (Phi) is 5.42. The van der Waals surface area contributed by atoms with E-state index in [1.807, 2.05) is 6.07 Å². The van der Waals surface area contributed by atoms with Gasteiger partial charge in [-0.05, 0) is 36.4 Å². The molecule has 3 N–H and O–H groups in total. The Morgan fingerprint density at radius 2 is 1.89 bits per heavy atom. The fourth-order valence-electron chi connectivity index (χ4n) is 2.48. The van der Waals surface area contributed by atoms with Crippen LogP contribution in [0.15, 0.2) is 48.5 Å². The van der Waals surface area contributed by atoms with Crippen molar-refractivity contribution in [3.63, 3.8) is 0 Å². The molecule has 3 rings (SSSR count). The van der Waals surface area contributed by atoms with Gasteiger partial charge in [0.2, 0.25) is 0 Å². The van der Waals surface area contributed by atoms with Crippen LogP contribution in [0.2, 0.25) is 5.02 Å². The molecule has 0 aliphatic heterocycles. The summed E-state index contributed by atoms with van der Waals surface area (Å²) in [6, 6.07) is 13.4. The molecule has 0 atom stereocenters. The van der Waals surface area contributed by atoms with E-state index in [0.717, 1.165) is 10.9 Å². The van der Waals surface area contributed by atoms with Crippen LogP contribution in [0.3, 0.4) is 0 Å². The Morgan fingerprint density at radius 3 is 2.67 bits per heavy atom. The van der Waals surface area contributed by atoms with E-state index < -0.39 is 11.9 Å². The Labute approximate surface area is 159 Å². The van der Waals surface area contributed by atoms with Gasteiger partial charge in [0.15, 0.2) is 0 Å². The van der Waals surface area contributed by atoms with E-state index >= 15 is 0 Å². The van der Waals surface area contributed by atoms with Gasteiger partial charge in [-0.1, -0.05) is 23.7 Å². The number of amides is 2. The van der Waals surface area contributed by atoms with Gasteiger partial charge in [-0.2, -0.15) is 0 Å². The number of fused-ring (bicyclic) bond motifs is 1. The molecule has 0 bridgehead atoms. The zero-order chi connectivity index (χ0) is 19.4. The first-order chi connectivity index (χ1) is 13.0. The molecule has 0 saturated heterocycles. The number of carbonyl (C=O) groups excluding carboxylic acids is 3. The first kappa shape index (κ1) is 18.5. The molecule has 138 valence electrons. The van der Waals surface area contributed by atoms with Crippen LogP contribution in [0.5, 0.6) is 0 Å². The molecule has 0 spiro atoms. The van der Waals surface area contributed by atoms with Gasteiger partial charge in [-0.3, -0.25) is 14.4 Å². The Bertz CT molecular complexity index is 1030. The lowest BCUT2D eigenvalue weighted by Gasteiger charge is -2.07. The second-order valence-electron chi connectivity index (χ2n) is 5.71.